The second kappa shape index (κ2) is 5.72. The van der Waals surface area contributed by atoms with Crippen LogP contribution in [0.3, 0.4) is 0 Å². The first kappa shape index (κ1) is 12.8. The number of rotatable bonds is 2. The molecule has 2 amide bonds. The van der Waals surface area contributed by atoms with Crippen molar-refractivity contribution in [2.75, 3.05) is 6.61 Å². The monoisotopic (exact) mass is 261 g/mol. The second-order valence-corrected chi connectivity index (χ2v) is 3.59. The molecule has 1 aromatic rings. The molecule has 0 unspecified atom stereocenters. The molecule has 1 N–H and O–H groups in total. The van der Waals surface area contributed by atoms with Gasteiger partial charge in [-0.2, -0.15) is 0 Å². The molecule has 0 heterocycles. The van der Waals surface area contributed by atoms with E-state index in [-0.39, 0.29) is 22.2 Å². The molecule has 16 heavy (non-hydrogen) atoms. The average molecular weight is 262 g/mol. The van der Waals surface area contributed by atoms with E-state index in [0.717, 1.165) is 0 Å². The molecule has 0 aliphatic carbocycles. The summed E-state index contributed by atoms with van der Waals surface area (Å²) in [5.74, 6) is -0.686. The fraction of sp³-hybridized carbons (Fsp3) is 0.200. The number of amides is 2. The van der Waals surface area contributed by atoms with Crippen LogP contribution in [0.4, 0.5) is 4.79 Å². The molecule has 0 aromatic heterocycles. The van der Waals surface area contributed by atoms with Gasteiger partial charge in [-0.05, 0) is 19.1 Å². The third-order valence-electron chi connectivity index (χ3n) is 1.68. The summed E-state index contributed by atoms with van der Waals surface area (Å²) in [5, 5.41) is 2.36. The summed E-state index contributed by atoms with van der Waals surface area (Å²) in [7, 11) is 0. The summed E-state index contributed by atoms with van der Waals surface area (Å²) in [6, 6.07) is 4.62. The normalized spacial score (nSPS) is 9.69. The van der Waals surface area contributed by atoms with Crippen molar-refractivity contribution < 1.29 is 14.3 Å². The minimum Gasteiger partial charge on any atom is -0.450 e. The van der Waals surface area contributed by atoms with Gasteiger partial charge in [0.05, 0.1) is 22.2 Å². The lowest BCUT2D eigenvalue weighted by Gasteiger charge is -2.06. The zero-order valence-corrected chi connectivity index (χ0v) is 9.93. The van der Waals surface area contributed by atoms with Gasteiger partial charge in [-0.25, -0.2) is 4.79 Å². The number of halogens is 2. The van der Waals surface area contributed by atoms with E-state index in [1.165, 1.54) is 12.1 Å². The van der Waals surface area contributed by atoms with E-state index >= 15 is 0 Å². The van der Waals surface area contributed by atoms with E-state index in [9.17, 15) is 9.59 Å². The van der Waals surface area contributed by atoms with Gasteiger partial charge >= 0.3 is 6.09 Å². The van der Waals surface area contributed by atoms with Crippen LogP contribution in [0.5, 0.6) is 0 Å². The predicted molar refractivity (Wildman–Crippen MR) is 61.0 cm³/mol. The van der Waals surface area contributed by atoms with Gasteiger partial charge in [0.1, 0.15) is 0 Å². The summed E-state index contributed by atoms with van der Waals surface area (Å²) in [6.07, 6.45) is -0.830. The second-order valence-electron chi connectivity index (χ2n) is 2.77. The molecule has 4 nitrogen and oxygen atoms in total. The summed E-state index contributed by atoms with van der Waals surface area (Å²) in [5.41, 5.74) is 0.0545. The van der Waals surface area contributed by atoms with Crippen molar-refractivity contribution in [2.24, 2.45) is 0 Å². The van der Waals surface area contributed by atoms with Crippen LogP contribution in [0.15, 0.2) is 18.2 Å². The zero-order chi connectivity index (χ0) is 12.1. The molecule has 0 atom stereocenters. The van der Waals surface area contributed by atoms with Gasteiger partial charge in [0, 0.05) is 0 Å². The van der Waals surface area contributed by atoms with E-state index in [1.807, 2.05) is 5.32 Å². The Labute approximate surface area is 102 Å². The number of carbonyl (C=O) groups is 2. The maximum atomic E-state index is 11.6. The molecule has 1 aromatic carbocycles. The van der Waals surface area contributed by atoms with Crippen LogP contribution in [-0.2, 0) is 4.74 Å². The SMILES string of the molecule is CCOC(=O)NC(=O)c1c(Cl)cccc1Cl. The molecule has 6 heteroatoms. The van der Waals surface area contributed by atoms with Crippen LogP contribution in [-0.4, -0.2) is 18.6 Å². The highest BCUT2D eigenvalue weighted by atomic mass is 35.5. The van der Waals surface area contributed by atoms with Crippen molar-refractivity contribution in [3.05, 3.63) is 33.8 Å². The first-order valence-corrected chi connectivity index (χ1v) is 5.24. The van der Waals surface area contributed by atoms with E-state index < -0.39 is 12.0 Å². The Balaban J connectivity index is 2.85. The maximum absolute atomic E-state index is 11.6. The Morgan fingerprint density at radius 1 is 1.31 bits per heavy atom. The highest BCUT2D eigenvalue weighted by molar-refractivity contribution is 6.40. The number of benzene rings is 1. The number of ether oxygens (including phenoxy) is 1. The number of hydrogen-bond acceptors (Lipinski definition) is 3. The lowest BCUT2D eigenvalue weighted by atomic mass is 10.2. The van der Waals surface area contributed by atoms with Gasteiger partial charge in [0.2, 0.25) is 0 Å². The van der Waals surface area contributed by atoms with Crippen molar-refractivity contribution >= 4 is 35.2 Å². The lowest BCUT2D eigenvalue weighted by Crippen LogP contribution is -2.31. The van der Waals surface area contributed by atoms with Crippen molar-refractivity contribution in [1.29, 1.82) is 0 Å². The van der Waals surface area contributed by atoms with E-state index in [4.69, 9.17) is 23.2 Å². The van der Waals surface area contributed by atoms with Crippen molar-refractivity contribution in [2.45, 2.75) is 6.92 Å². The molecule has 0 fully saturated rings. The summed E-state index contributed by atoms with van der Waals surface area (Å²) in [6.45, 7) is 1.81. The summed E-state index contributed by atoms with van der Waals surface area (Å²) >= 11 is 11.6. The van der Waals surface area contributed by atoms with Crippen LogP contribution in [0.1, 0.15) is 17.3 Å². The molecule has 0 saturated carbocycles. The van der Waals surface area contributed by atoms with Crippen LogP contribution in [0.2, 0.25) is 10.0 Å². The Morgan fingerprint density at radius 2 is 1.88 bits per heavy atom. The third kappa shape index (κ3) is 3.12. The Hall–Kier alpha value is -1.26. The highest BCUT2D eigenvalue weighted by Gasteiger charge is 2.17. The molecule has 0 bridgehead atoms. The molecule has 0 aliphatic heterocycles. The fourth-order valence-corrected chi connectivity index (χ4v) is 1.61. The highest BCUT2D eigenvalue weighted by Crippen LogP contribution is 2.23. The Kier molecular flexibility index (Phi) is 4.58. The minimum atomic E-state index is -0.830. The largest absolute Gasteiger partial charge is 0.450 e. The molecule has 0 aliphatic rings. The van der Waals surface area contributed by atoms with E-state index in [1.54, 1.807) is 13.0 Å². The molecular weight excluding hydrogens is 253 g/mol. The fourth-order valence-electron chi connectivity index (χ4n) is 1.04. The number of carbonyl (C=O) groups excluding carboxylic acids is 2. The molecule has 86 valence electrons. The summed E-state index contributed by atoms with van der Waals surface area (Å²) in [4.78, 5) is 22.6. The first-order chi connectivity index (χ1) is 7.56. The first-order valence-electron chi connectivity index (χ1n) is 4.48. The average Bonchev–Trinajstić information content (AvgIpc) is 2.17. The van der Waals surface area contributed by atoms with Crippen molar-refractivity contribution in [3.8, 4) is 0 Å². The van der Waals surface area contributed by atoms with Crippen molar-refractivity contribution in [1.82, 2.24) is 5.32 Å². The van der Waals surface area contributed by atoms with Gasteiger partial charge in [0.25, 0.3) is 5.91 Å². The quantitative estimate of drug-likeness (QED) is 0.891. The smallest absolute Gasteiger partial charge is 0.414 e. The van der Waals surface area contributed by atoms with E-state index in [2.05, 4.69) is 4.74 Å². The number of imide groups is 1. The lowest BCUT2D eigenvalue weighted by molar-refractivity contribution is 0.0925. The van der Waals surface area contributed by atoms with Crippen LogP contribution < -0.4 is 5.32 Å². The Morgan fingerprint density at radius 3 is 2.38 bits per heavy atom. The molecule has 0 radical (unpaired) electrons. The maximum Gasteiger partial charge on any atom is 0.414 e. The molecule has 0 spiro atoms. The van der Waals surface area contributed by atoms with Crippen molar-refractivity contribution in [3.63, 3.8) is 0 Å². The van der Waals surface area contributed by atoms with Gasteiger partial charge < -0.3 is 4.74 Å². The molecular formula is C10H9Cl2NO3. The predicted octanol–water partition coefficient (Wildman–Crippen LogP) is 2.88. The molecule has 0 saturated heterocycles. The van der Waals surface area contributed by atoms with Gasteiger partial charge in [-0.3, -0.25) is 10.1 Å². The summed E-state index contributed by atoms with van der Waals surface area (Å²) < 4.78 is 4.56. The topological polar surface area (TPSA) is 55.4 Å². The standard InChI is InChI=1S/C10H9Cl2NO3/c1-2-16-10(15)13-9(14)8-6(11)4-3-5-7(8)12/h3-5H,2H2,1H3,(H,13,14,15). The van der Waals surface area contributed by atoms with Crippen LogP contribution >= 0.6 is 23.2 Å². The van der Waals surface area contributed by atoms with Gasteiger partial charge in [-0.15, -0.1) is 0 Å². The zero-order valence-electron chi connectivity index (χ0n) is 8.42. The number of hydrogen-bond donors (Lipinski definition) is 1. The Bertz CT molecular complexity index is 400. The number of nitrogens with one attached hydrogen (secondary N) is 1. The third-order valence-corrected chi connectivity index (χ3v) is 2.31. The number of alkyl carbamates (subject to hydrolysis) is 1. The van der Waals surface area contributed by atoms with Crippen LogP contribution in [0, 0.1) is 0 Å². The minimum absolute atomic E-state index is 0.0545. The van der Waals surface area contributed by atoms with Gasteiger partial charge in [0.15, 0.2) is 0 Å². The van der Waals surface area contributed by atoms with Crippen LogP contribution in [0.25, 0.3) is 0 Å². The van der Waals surface area contributed by atoms with E-state index in [0.29, 0.717) is 0 Å². The van der Waals surface area contributed by atoms with Gasteiger partial charge in [-0.1, -0.05) is 29.3 Å². The molecule has 1 rings (SSSR count).